The molecular formula is C18H22N4O3S. The van der Waals surface area contributed by atoms with Gasteiger partial charge < -0.3 is 14.6 Å². The van der Waals surface area contributed by atoms with Crippen molar-refractivity contribution < 1.29 is 14.6 Å². The highest BCUT2D eigenvalue weighted by Gasteiger charge is 2.30. The Hall–Kier alpha value is -2.16. The molecule has 1 saturated heterocycles. The molecule has 26 heavy (non-hydrogen) atoms. The second-order valence-electron chi connectivity index (χ2n) is 6.20. The molecule has 2 aromatic heterocycles. The lowest BCUT2D eigenvalue weighted by molar-refractivity contribution is 0.0240. The summed E-state index contributed by atoms with van der Waals surface area (Å²) >= 11 is 1.48. The number of benzene rings is 1. The molecule has 0 saturated carbocycles. The number of nitrogens with zero attached hydrogens (tertiary/aromatic N) is 4. The predicted octanol–water partition coefficient (Wildman–Crippen LogP) is 2.63. The molecule has 0 spiro atoms. The van der Waals surface area contributed by atoms with Crippen molar-refractivity contribution in [3.63, 3.8) is 0 Å². The van der Waals surface area contributed by atoms with Crippen molar-refractivity contribution >= 4 is 16.3 Å². The quantitative estimate of drug-likeness (QED) is 0.740. The Kier molecular flexibility index (Phi) is 4.80. The standard InChI is InChI=1S/C18H22N4O3S/c1-3-25-14-6-4-5-13(11-14)15(21-7-9-24-10-8-21)16-17(23)22-18(26-16)19-12(2)20-22/h4-6,11,15,23H,3,7-10H2,1-2H3. The van der Waals surface area contributed by atoms with Gasteiger partial charge in [-0.2, -0.15) is 4.52 Å². The third-order valence-electron chi connectivity index (χ3n) is 4.45. The number of thiazole rings is 1. The van der Waals surface area contributed by atoms with Gasteiger partial charge in [0.25, 0.3) is 0 Å². The first kappa shape index (κ1) is 17.3. The van der Waals surface area contributed by atoms with Crippen LogP contribution in [0.5, 0.6) is 11.6 Å². The first-order valence-electron chi connectivity index (χ1n) is 8.77. The van der Waals surface area contributed by atoms with E-state index in [4.69, 9.17) is 9.47 Å². The highest BCUT2D eigenvalue weighted by molar-refractivity contribution is 7.17. The van der Waals surface area contributed by atoms with Crippen LogP contribution in [0.25, 0.3) is 4.96 Å². The summed E-state index contributed by atoms with van der Waals surface area (Å²) in [5, 5.41) is 15.1. The Morgan fingerprint density at radius 3 is 2.88 bits per heavy atom. The van der Waals surface area contributed by atoms with Gasteiger partial charge in [0.1, 0.15) is 11.6 Å². The van der Waals surface area contributed by atoms with Crippen LogP contribution in [0.15, 0.2) is 24.3 Å². The average molecular weight is 374 g/mol. The van der Waals surface area contributed by atoms with Gasteiger partial charge in [-0.15, -0.1) is 5.10 Å². The lowest BCUT2D eigenvalue weighted by Crippen LogP contribution is -2.39. The van der Waals surface area contributed by atoms with Crippen molar-refractivity contribution in [3.05, 3.63) is 40.5 Å². The van der Waals surface area contributed by atoms with Gasteiger partial charge in [-0.05, 0) is 31.5 Å². The van der Waals surface area contributed by atoms with Crippen LogP contribution >= 0.6 is 11.3 Å². The van der Waals surface area contributed by atoms with Gasteiger partial charge in [-0.3, -0.25) is 4.90 Å². The molecular weight excluding hydrogens is 352 g/mol. The number of aromatic nitrogens is 3. The second-order valence-corrected chi connectivity index (χ2v) is 7.21. The number of aryl methyl sites for hydroxylation is 1. The number of aromatic hydroxyl groups is 1. The van der Waals surface area contributed by atoms with Crippen LogP contribution in [-0.4, -0.2) is 57.5 Å². The fourth-order valence-electron chi connectivity index (χ4n) is 3.33. The number of ether oxygens (including phenoxy) is 2. The first-order valence-corrected chi connectivity index (χ1v) is 9.58. The zero-order valence-electron chi connectivity index (χ0n) is 14.9. The summed E-state index contributed by atoms with van der Waals surface area (Å²) in [6.07, 6.45) is 0. The third-order valence-corrected chi connectivity index (χ3v) is 5.52. The molecule has 8 heteroatoms. The number of rotatable bonds is 5. The molecule has 0 amide bonds. The molecule has 3 heterocycles. The lowest BCUT2D eigenvalue weighted by Gasteiger charge is -2.34. The van der Waals surface area contributed by atoms with Gasteiger partial charge in [0.15, 0.2) is 0 Å². The maximum absolute atomic E-state index is 10.8. The summed E-state index contributed by atoms with van der Waals surface area (Å²) in [7, 11) is 0. The number of hydrogen-bond donors (Lipinski definition) is 1. The molecule has 1 aliphatic heterocycles. The number of fused-ring (bicyclic) bond motifs is 1. The number of morpholine rings is 1. The van der Waals surface area contributed by atoms with E-state index < -0.39 is 0 Å². The molecule has 138 valence electrons. The SMILES string of the molecule is CCOc1cccc(C(c2sc3nc(C)nn3c2O)N2CCOCC2)c1. The highest BCUT2D eigenvalue weighted by atomic mass is 32.1. The van der Waals surface area contributed by atoms with Crippen LogP contribution in [0.1, 0.15) is 29.2 Å². The van der Waals surface area contributed by atoms with Crippen molar-refractivity contribution in [2.24, 2.45) is 0 Å². The molecule has 1 unspecified atom stereocenters. The van der Waals surface area contributed by atoms with Crippen LogP contribution in [0.3, 0.4) is 0 Å². The maximum Gasteiger partial charge on any atom is 0.230 e. The number of hydrogen-bond acceptors (Lipinski definition) is 7. The minimum atomic E-state index is -0.0897. The average Bonchev–Trinajstić information content (AvgIpc) is 3.15. The minimum Gasteiger partial charge on any atom is -0.494 e. The third kappa shape index (κ3) is 3.15. The molecule has 7 nitrogen and oxygen atoms in total. The Balaban J connectivity index is 1.80. The van der Waals surface area contributed by atoms with Gasteiger partial charge in [-0.1, -0.05) is 23.5 Å². The van der Waals surface area contributed by atoms with Gasteiger partial charge in [-0.25, -0.2) is 4.98 Å². The highest BCUT2D eigenvalue weighted by Crippen LogP contribution is 2.40. The fourth-order valence-corrected chi connectivity index (χ4v) is 4.49. The molecule has 3 aromatic rings. The van der Waals surface area contributed by atoms with E-state index in [1.165, 1.54) is 15.9 Å². The molecule has 4 rings (SSSR count). The van der Waals surface area contributed by atoms with E-state index in [1.54, 1.807) is 0 Å². The van der Waals surface area contributed by atoms with E-state index in [1.807, 2.05) is 32.0 Å². The lowest BCUT2D eigenvalue weighted by atomic mass is 10.0. The summed E-state index contributed by atoms with van der Waals surface area (Å²) in [5.74, 6) is 1.64. The van der Waals surface area contributed by atoms with Crippen molar-refractivity contribution in [2.45, 2.75) is 19.9 Å². The molecule has 1 atom stereocenters. The van der Waals surface area contributed by atoms with Crippen LogP contribution in [0, 0.1) is 6.92 Å². The van der Waals surface area contributed by atoms with Crippen LogP contribution in [0.2, 0.25) is 0 Å². The normalized spacial score (nSPS) is 16.8. The Morgan fingerprint density at radius 2 is 2.15 bits per heavy atom. The largest absolute Gasteiger partial charge is 0.494 e. The minimum absolute atomic E-state index is 0.0897. The second kappa shape index (κ2) is 7.22. The summed E-state index contributed by atoms with van der Waals surface area (Å²) in [6, 6.07) is 7.97. The van der Waals surface area contributed by atoms with E-state index in [0.29, 0.717) is 30.6 Å². The molecule has 0 bridgehead atoms. The summed E-state index contributed by atoms with van der Waals surface area (Å²) in [6.45, 7) is 7.38. The summed E-state index contributed by atoms with van der Waals surface area (Å²) < 4.78 is 12.7. The fraction of sp³-hybridized carbons (Fsp3) is 0.444. The first-order chi connectivity index (χ1) is 12.7. The van der Waals surface area contributed by atoms with E-state index in [9.17, 15) is 5.11 Å². The zero-order chi connectivity index (χ0) is 18.1. The Labute approximate surface area is 155 Å². The molecule has 0 aliphatic carbocycles. The van der Waals surface area contributed by atoms with Crippen LogP contribution in [-0.2, 0) is 4.74 Å². The van der Waals surface area contributed by atoms with E-state index in [0.717, 1.165) is 29.3 Å². The molecule has 1 aliphatic rings. The molecule has 1 aromatic carbocycles. The maximum atomic E-state index is 10.8. The molecule has 1 N–H and O–H groups in total. The van der Waals surface area contributed by atoms with Gasteiger partial charge in [0.05, 0.1) is 30.7 Å². The van der Waals surface area contributed by atoms with Crippen molar-refractivity contribution in [2.75, 3.05) is 32.9 Å². The van der Waals surface area contributed by atoms with Crippen LogP contribution < -0.4 is 4.74 Å². The van der Waals surface area contributed by atoms with Crippen LogP contribution in [0.4, 0.5) is 0 Å². The Bertz CT molecular complexity index is 901. The topological polar surface area (TPSA) is 72.1 Å². The van der Waals surface area contributed by atoms with E-state index in [-0.39, 0.29) is 11.9 Å². The predicted molar refractivity (Wildman–Crippen MR) is 99.1 cm³/mol. The summed E-state index contributed by atoms with van der Waals surface area (Å²) in [5.41, 5.74) is 1.08. The van der Waals surface area contributed by atoms with E-state index >= 15 is 0 Å². The zero-order valence-corrected chi connectivity index (χ0v) is 15.7. The molecule has 0 radical (unpaired) electrons. The Morgan fingerprint density at radius 1 is 1.35 bits per heavy atom. The monoisotopic (exact) mass is 374 g/mol. The van der Waals surface area contributed by atoms with Gasteiger partial charge >= 0.3 is 0 Å². The summed E-state index contributed by atoms with van der Waals surface area (Å²) in [4.78, 5) is 8.28. The van der Waals surface area contributed by atoms with Crippen molar-refractivity contribution in [1.82, 2.24) is 19.5 Å². The van der Waals surface area contributed by atoms with Crippen molar-refractivity contribution in [3.8, 4) is 11.6 Å². The van der Waals surface area contributed by atoms with Gasteiger partial charge in [0, 0.05) is 13.1 Å². The molecule has 1 fully saturated rings. The smallest absolute Gasteiger partial charge is 0.230 e. The van der Waals surface area contributed by atoms with Crippen molar-refractivity contribution in [1.29, 1.82) is 0 Å². The van der Waals surface area contributed by atoms with E-state index in [2.05, 4.69) is 21.0 Å². The van der Waals surface area contributed by atoms with Gasteiger partial charge in [0.2, 0.25) is 10.8 Å².